The van der Waals surface area contributed by atoms with Crippen LogP contribution in [0.3, 0.4) is 0 Å². The second-order valence-corrected chi connectivity index (χ2v) is 5.72. The number of nitrogens with two attached hydrogens (primary N) is 1. The second-order valence-electron chi connectivity index (χ2n) is 4.79. The summed E-state index contributed by atoms with van der Waals surface area (Å²) >= 11 is 1.72. The van der Waals surface area contributed by atoms with Gasteiger partial charge in [-0.05, 0) is 38.6 Å². The van der Waals surface area contributed by atoms with Gasteiger partial charge in [-0.1, -0.05) is 6.42 Å². The van der Waals surface area contributed by atoms with E-state index in [1.54, 1.807) is 11.3 Å². The lowest BCUT2D eigenvalue weighted by Gasteiger charge is -2.27. The molecule has 3 nitrogen and oxygen atoms in total. The summed E-state index contributed by atoms with van der Waals surface area (Å²) in [5.41, 5.74) is 5.99. The number of nitrogens with zero attached hydrogens (tertiary/aromatic N) is 1. The van der Waals surface area contributed by atoms with Gasteiger partial charge in [0.1, 0.15) is 5.01 Å². The zero-order chi connectivity index (χ0) is 11.4. The molecule has 1 aliphatic carbocycles. The van der Waals surface area contributed by atoms with Gasteiger partial charge in [-0.15, -0.1) is 11.3 Å². The van der Waals surface area contributed by atoms with Crippen LogP contribution < -0.4 is 11.1 Å². The molecular weight excluding hydrogens is 218 g/mol. The number of rotatable bonds is 4. The fourth-order valence-electron chi connectivity index (χ4n) is 2.40. The highest BCUT2D eigenvalue weighted by molar-refractivity contribution is 7.09. The Hall–Kier alpha value is -0.450. The molecule has 1 fully saturated rings. The van der Waals surface area contributed by atoms with Crippen LogP contribution in [0.1, 0.15) is 43.7 Å². The maximum atomic E-state index is 5.99. The number of thiazole rings is 1. The Morgan fingerprint density at radius 2 is 2.50 bits per heavy atom. The summed E-state index contributed by atoms with van der Waals surface area (Å²) in [6.45, 7) is 3.26. The molecule has 1 aromatic heterocycles. The summed E-state index contributed by atoms with van der Waals surface area (Å²) < 4.78 is 0. The van der Waals surface area contributed by atoms with E-state index in [2.05, 4.69) is 17.2 Å². The minimum Gasteiger partial charge on any atom is -0.328 e. The fraction of sp³-hybridized carbons (Fsp3) is 0.750. The average Bonchev–Trinajstić information content (AvgIpc) is 2.79. The molecule has 1 aromatic rings. The molecule has 0 amide bonds. The first-order chi connectivity index (χ1) is 7.75. The van der Waals surface area contributed by atoms with Gasteiger partial charge in [0, 0.05) is 17.6 Å². The lowest BCUT2D eigenvalue weighted by atomic mass is 9.86. The standard InChI is InChI=1S/C12H21N3S/c1-9(12-14-5-6-16-12)15-8-10-3-2-4-11(13)7-10/h5-6,9-11,15H,2-4,7-8,13H2,1H3. The molecule has 0 saturated heterocycles. The Bertz CT molecular complexity index is 299. The molecule has 3 atom stereocenters. The average molecular weight is 239 g/mol. The van der Waals surface area contributed by atoms with Crippen molar-refractivity contribution in [2.24, 2.45) is 11.7 Å². The Morgan fingerprint density at radius 1 is 1.62 bits per heavy atom. The van der Waals surface area contributed by atoms with Gasteiger partial charge in [0.2, 0.25) is 0 Å². The Labute approximate surface area is 101 Å². The first-order valence-corrected chi connectivity index (χ1v) is 7.02. The van der Waals surface area contributed by atoms with Gasteiger partial charge in [-0.2, -0.15) is 0 Å². The van der Waals surface area contributed by atoms with Crippen LogP contribution in [0.2, 0.25) is 0 Å². The van der Waals surface area contributed by atoms with E-state index in [9.17, 15) is 0 Å². The quantitative estimate of drug-likeness (QED) is 0.847. The topological polar surface area (TPSA) is 50.9 Å². The third-order valence-corrected chi connectivity index (χ3v) is 4.32. The third kappa shape index (κ3) is 3.27. The monoisotopic (exact) mass is 239 g/mol. The van der Waals surface area contributed by atoms with Gasteiger partial charge < -0.3 is 11.1 Å². The molecule has 3 unspecified atom stereocenters. The molecule has 16 heavy (non-hydrogen) atoms. The van der Waals surface area contributed by atoms with Gasteiger partial charge in [0.15, 0.2) is 0 Å². The van der Waals surface area contributed by atoms with Crippen LogP contribution >= 0.6 is 11.3 Å². The van der Waals surface area contributed by atoms with E-state index in [-0.39, 0.29) is 0 Å². The molecule has 1 saturated carbocycles. The van der Waals surface area contributed by atoms with Crippen LogP contribution in [0.4, 0.5) is 0 Å². The highest BCUT2D eigenvalue weighted by Gasteiger charge is 2.19. The van der Waals surface area contributed by atoms with Crippen molar-refractivity contribution in [3.63, 3.8) is 0 Å². The number of aromatic nitrogens is 1. The van der Waals surface area contributed by atoms with Crippen LogP contribution in [0.15, 0.2) is 11.6 Å². The predicted molar refractivity (Wildman–Crippen MR) is 68.5 cm³/mol. The van der Waals surface area contributed by atoms with Crippen molar-refractivity contribution in [2.75, 3.05) is 6.54 Å². The van der Waals surface area contributed by atoms with Crippen molar-refractivity contribution in [3.8, 4) is 0 Å². The van der Waals surface area contributed by atoms with Crippen molar-refractivity contribution < 1.29 is 0 Å². The van der Waals surface area contributed by atoms with Crippen LogP contribution in [0.5, 0.6) is 0 Å². The lowest BCUT2D eigenvalue weighted by molar-refractivity contribution is 0.302. The smallest absolute Gasteiger partial charge is 0.109 e. The van der Waals surface area contributed by atoms with Crippen LogP contribution in [0.25, 0.3) is 0 Å². The normalized spacial score (nSPS) is 27.9. The highest BCUT2D eigenvalue weighted by atomic mass is 32.1. The molecule has 1 heterocycles. The molecule has 3 N–H and O–H groups in total. The van der Waals surface area contributed by atoms with Gasteiger partial charge in [-0.25, -0.2) is 4.98 Å². The minimum absolute atomic E-state index is 0.373. The zero-order valence-corrected chi connectivity index (χ0v) is 10.7. The maximum Gasteiger partial charge on any atom is 0.109 e. The first kappa shape index (κ1) is 12.0. The van der Waals surface area contributed by atoms with Crippen LogP contribution in [-0.2, 0) is 0 Å². The number of hydrogen-bond donors (Lipinski definition) is 2. The molecule has 0 spiro atoms. The summed E-state index contributed by atoms with van der Waals surface area (Å²) in [6, 6.07) is 0.800. The fourth-order valence-corrected chi connectivity index (χ4v) is 3.07. The molecule has 2 rings (SSSR count). The van der Waals surface area contributed by atoms with E-state index < -0.39 is 0 Å². The van der Waals surface area contributed by atoms with Gasteiger partial charge in [-0.3, -0.25) is 0 Å². The highest BCUT2D eigenvalue weighted by Crippen LogP contribution is 2.23. The summed E-state index contributed by atoms with van der Waals surface area (Å²) in [5, 5.41) is 6.78. The second kappa shape index (κ2) is 5.75. The molecule has 0 bridgehead atoms. The Kier molecular flexibility index (Phi) is 4.32. The number of nitrogens with one attached hydrogen (secondary N) is 1. The van der Waals surface area contributed by atoms with Crippen molar-refractivity contribution in [3.05, 3.63) is 16.6 Å². The summed E-state index contributed by atoms with van der Waals surface area (Å²) in [6.07, 6.45) is 6.87. The van der Waals surface area contributed by atoms with Crippen LogP contribution in [-0.4, -0.2) is 17.6 Å². The third-order valence-electron chi connectivity index (χ3n) is 3.36. The predicted octanol–water partition coefficient (Wildman–Crippen LogP) is 2.31. The van der Waals surface area contributed by atoms with Gasteiger partial charge in [0.05, 0.1) is 6.04 Å². The zero-order valence-electron chi connectivity index (χ0n) is 9.86. The Balaban J connectivity index is 1.74. The van der Waals surface area contributed by atoms with Gasteiger partial charge >= 0.3 is 0 Å². The van der Waals surface area contributed by atoms with Crippen molar-refractivity contribution >= 4 is 11.3 Å². The van der Waals surface area contributed by atoms with E-state index in [1.807, 2.05) is 11.6 Å². The minimum atomic E-state index is 0.373. The summed E-state index contributed by atoms with van der Waals surface area (Å²) in [7, 11) is 0. The van der Waals surface area contributed by atoms with E-state index in [1.165, 1.54) is 30.7 Å². The summed E-state index contributed by atoms with van der Waals surface area (Å²) in [5.74, 6) is 0.756. The van der Waals surface area contributed by atoms with Gasteiger partial charge in [0.25, 0.3) is 0 Å². The first-order valence-electron chi connectivity index (χ1n) is 6.14. The molecule has 4 heteroatoms. The van der Waals surface area contributed by atoms with E-state index in [0.717, 1.165) is 12.5 Å². The molecular formula is C12H21N3S. The van der Waals surface area contributed by atoms with Crippen molar-refractivity contribution in [1.29, 1.82) is 0 Å². The summed E-state index contributed by atoms with van der Waals surface area (Å²) in [4.78, 5) is 4.33. The molecule has 0 radical (unpaired) electrons. The van der Waals surface area contributed by atoms with E-state index in [4.69, 9.17) is 5.73 Å². The Morgan fingerprint density at radius 3 is 3.19 bits per heavy atom. The molecule has 90 valence electrons. The lowest BCUT2D eigenvalue weighted by Crippen LogP contribution is -2.34. The molecule has 0 aromatic carbocycles. The van der Waals surface area contributed by atoms with E-state index in [0.29, 0.717) is 12.1 Å². The molecule has 0 aliphatic heterocycles. The van der Waals surface area contributed by atoms with Crippen molar-refractivity contribution in [1.82, 2.24) is 10.3 Å². The number of hydrogen-bond acceptors (Lipinski definition) is 4. The molecule has 1 aliphatic rings. The SMILES string of the molecule is CC(NCC1CCCC(N)C1)c1nccs1. The van der Waals surface area contributed by atoms with Crippen LogP contribution in [0, 0.1) is 5.92 Å². The van der Waals surface area contributed by atoms with E-state index >= 15 is 0 Å². The maximum absolute atomic E-state index is 5.99. The van der Waals surface area contributed by atoms with Crippen molar-refractivity contribution in [2.45, 2.75) is 44.7 Å². The largest absolute Gasteiger partial charge is 0.328 e.